The van der Waals surface area contributed by atoms with Crippen LogP contribution in [0.25, 0.3) is 0 Å². The molecule has 2 rings (SSSR count). The summed E-state index contributed by atoms with van der Waals surface area (Å²) in [5.41, 5.74) is 1.58. The predicted octanol–water partition coefficient (Wildman–Crippen LogP) is 2.66. The van der Waals surface area contributed by atoms with Crippen LogP contribution in [0.5, 0.6) is 0 Å². The third kappa shape index (κ3) is 3.60. The van der Waals surface area contributed by atoms with Crippen molar-refractivity contribution in [2.45, 2.75) is 20.4 Å². The van der Waals surface area contributed by atoms with Crippen LogP contribution in [0.15, 0.2) is 30.5 Å². The summed E-state index contributed by atoms with van der Waals surface area (Å²) in [5.74, 6) is 0.370. The van der Waals surface area contributed by atoms with Crippen LogP contribution in [-0.2, 0) is 11.3 Å². The highest BCUT2D eigenvalue weighted by atomic mass is 16.6. The van der Waals surface area contributed by atoms with Crippen molar-refractivity contribution >= 4 is 17.6 Å². The molecule has 0 atom stereocenters. The average Bonchev–Trinajstić information content (AvgIpc) is 2.83. The fourth-order valence-corrected chi connectivity index (χ4v) is 1.97. The van der Waals surface area contributed by atoms with E-state index in [1.807, 2.05) is 19.1 Å². The summed E-state index contributed by atoms with van der Waals surface area (Å²) in [4.78, 5) is 25.9. The van der Waals surface area contributed by atoms with Crippen LogP contribution in [0.2, 0.25) is 0 Å². The Morgan fingerprint density at radius 1 is 1.41 bits per heavy atom. The van der Waals surface area contributed by atoms with Crippen LogP contribution < -0.4 is 5.32 Å². The normalized spacial score (nSPS) is 10.3. The number of nitro groups is 1. The molecule has 0 bridgehead atoms. The second-order valence-corrected chi connectivity index (χ2v) is 4.65. The number of carbonyl (C=O) groups excluding carboxylic acids is 1. The van der Waals surface area contributed by atoms with Gasteiger partial charge in [0, 0.05) is 12.6 Å². The molecule has 0 saturated heterocycles. The molecule has 0 aliphatic carbocycles. The second-order valence-electron chi connectivity index (χ2n) is 4.65. The van der Waals surface area contributed by atoms with Gasteiger partial charge in [-0.15, -0.1) is 0 Å². The summed E-state index contributed by atoms with van der Waals surface area (Å²) in [6, 6.07) is 7.31. The molecule has 1 aromatic carbocycles. The van der Waals surface area contributed by atoms with E-state index in [9.17, 15) is 14.9 Å². The molecule has 0 aliphatic heterocycles. The minimum atomic E-state index is -0.602. The molecule has 1 N–H and O–H groups in total. The van der Waals surface area contributed by atoms with Crippen molar-refractivity contribution in [1.82, 2.24) is 9.55 Å². The van der Waals surface area contributed by atoms with Crippen molar-refractivity contribution in [3.8, 4) is 0 Å². The Labute approximate surface area is 126 Å². The average molecular weight is 304 g/mol. The second kappa shape index (κ2) is 6.70. The minimum absolute atomic E-state index is 0.00968. The van der Waals surface area contributed by atoms with Crippen molar-refractivity contribution in [2.24, 2.45) is 0 Å². The molecule has 8 nitrogen and oxygen atoms in total. The zero-order valence-corrected chi connectivity index (χ0v) is 12.3. The molecule has 0 spiro atoms. The Morgan fingerprint density at radius 3 is 2.82 bits per heavy atom. The molecule has 8 heteroatoms. The number of aromatic nitrogens is 2. The van der Waals surface area contributed by atoms with E-state index in [-0.39, 0.29) is 19.0 Å². The fraction of sp³-hybridized carbons (Fsp3) is 0.286. The molecule has 22 heavy (non-hydrogen) atoms. The quantitative estimate of drug-likeness (QED) is 0.676. The highest BCUT2D eigenvalue weighted by Gasteiger charge is 2.17. The number of imidazole rings is 1. The molecular formula is C14H16N4O4. The monoisotopic (exact) mass is 304 g/mol. The zero-order valence-electron chi connectivity index (χ0n) is 12.3. The van der Waals surface area contributed by atoms with Crippen molar-refractivity contribution < 1.29 is 14.5 Å². The molecule has 0 radical (unpaired) electrons. The van der Waals surface area contributed by atoms with Gasteiger partial charge < -0.3 is 14.9 Å². The van der Waals surface area contributed by atoms with Crippen LogP contribution in [0.3, 0.4) is 0 Å². The molecule has 1 aromatic heterocycles. The van der Waals surface area contributed by atoms with Gasteiger partial charge >= 0.3 is 11.9 Å². The van der Waals surface area contributed by atoms with Crippen LogP contribution in [-0.4, -0.2) is 27.2 Å². The number of nitrogens with one attached hydrogen (secondary N) is 1. The minimum Gasteiger partial charge on any atom is -0.445 e. The van der Waals surface area contributed by atoms with Gasteiger partial charge in [0.25, 0.3) is 0 Å². The lowest BCUT2D eigenvalue weighted by Gasteiger charge is -2.09. The van der Waals surface area contributed by atoms with E-state index >= 15 is 0 Å². The number of amides is 1. The Hall–Kier alpha value is -2.90. The SMILES string of the molecule is Cc1ccccc1NC(=O)OCCn1c([N+](=O)[O-])cnc1C. The molecule has 1 amide bonds. The number of carbonyl (C=O) groups is 1. The summed E-state index contributed by atoms with van der Waals surface area (Å²) < 4.78 is 6.43. The predicted molar refractivity (Wildman–Crippen MR) is 79.8 cm³/mol. The summed E-state index contributed by atoms with van der Waals surface area (Å²) in [6.45, 7) is 3.70. The number of ether oxygens (including phenoxy) is 1. The zero-order chi connectivity index (χ0) is 16.1. The van der Waals surface area contributed by atoms with Crippen LogP contribution in [0.1, 0.15) is 11.4 Å². The van der Waals surface area contributed by atoms with E-state index in [0.717, 1.165) is 5.56 Å². The maximum atomic E-state index is 11.7. The van der Waals surface area contributed by atoms with E-state index in [4.69, 9.17) is 4.74 Å². The van der Waals surface area contributed by atoms with Gasteiger partial charge in [-0.1, -0.05) is 18.2 Å². The van der Waals surface area contributed by atoms with Crippen LogP contribution >= 0.6 is 0 Å². The van der Waals surface area contributed by atoms with Crippen LogP contribution in [0, 0.1) is 24.0 Å². The topological polar surface area (TPSA) is 99.3 Å². The van der Waals surface area contributed by atoms with Gasteiger partial charge in [-0.3, -0.25) is 5.32 Å². The number of aryl methyl sites for hydroxylation is 2. The lowest BCUT2D eigenvalue weighted by molar-refractivity contribution is -0.392. The van der Waals surface area contributed by atoms with E-state index in [2.05, 4.69) is 10.3 Å². The highest BCUT2D eigenvalue weighted by Crippen LogP contribution is 2.14. The first-order valence-corrected chi connectivity index (χ1v) is 6.65. The number of nitrogens with zero attached hydrogens (tertiary/aromatic N) is 3. The molecule has 0 saturated carbocycles. The van der Waals surface area contributed by atoms with Gasteiger partial charge in [-0.2, -0.15) is 0 Å². The Kier molecular flexibility index (Phi) is 4.72. The summed E-state index contributed by atoms with van der Waals surface area (Å²) >= 11 is 0. The number of hydrogen-bond acceptors (Lipinski definition) is 5. The third-order valence-electron chi connectivity index (χ3n) is 3.15. The number of benzene rings is 1. The molecule has 0 unspecified atom stereocenters. The number of para-hydroxylation sites is 1. The van der Waals surface area contributed by atoms with Crippen LogP contribution in [0.4, 0.5) is 16.3 Å². The first kappa shape index (κ1) is 15.5. The van der Waals surface area contributed by atoms with Gasteiger partial charge in [-0.05, 0) is 23.5 Å². The Bertz CT molecular complexity index is 696. The Morgan fingerprint density at radius 2 is 2.14 bits per heavy atom. The van der Waals surface area contributed by atoms with E-state index < -0.39 is 11.0 Å². The van der Waals surface area contributed by atoms with Crippen molar-refractivity contribution in [1.29, 1.82) is 0 Å². The van der Waals surface area contributed by atoms with Gasteiger partial charge in [0.2, 0.25) is 0 Å². The molecule has 116 valence electrons. The first-order valence-electron chi connectivity index (χ1n) is 6.65. The summed E-state index contributed by atoms with van der Waals surface area (Å²) in [7, 11) is 0. The van der Waals surface area contributed by atoms with Gasteiger partial charge in [0.15, 0.2) is 5.82 Å². The maximum absolute atomic E-state index is 11.7. The molecule has 0 aliphatic rings. The highest BCUT2D eigenvalue weighted by molar-refractivity contribution is 5.85. The third-order valence-corrected chi connectivity index (χ3v) is 3.15. The number of rotatable bonds is 5. The van der Waals surface area contributed by atoms with Crippen molar-refractivity contribution in [2.75, 3.05) is 11.9 Å². The lowest BCUT2D eigenvalue weighted by atomic mass is 10.2. The summed E-state index contributed by atoms with van der Waals surface area (Å²) in [5, 5.41) is 13.5. The fourth-order valence-electron chi connectivity index (χ4n) is 1.97. The summed E-state index contributed by atoms with van der Waals surface area (Å²) in [6.07, 6.45) is 0.581. The van der Waals surface area contributed by atoms with Gasteiger partial charge in [0.05, 0.1) is 0 Å². The first-order chi connectivity index (χ1) is 10.5. The van der Waals surface area contributed by atoms with Crippen molar-refractivity contribution in [3.05, 3.63) is 52.0 Å². The van der Waals surface area contributed by atoms with E-state index in [0.29, 0.717) is 11.5 Å². The number of hydrogen-bond donors (Lipinski definition) is 1. The van der Waals surface area contributed by atoms with Crippen molar-refractivity contribution in [3.63, 3.8) is 0 Å². The van der Waals surface area contributed by atoms with E-state index in [1.54, 1.807) is 19.1 Å². The van der Waals surface area contributed by atoms with Gasteiger partial charge in [0.1, 0.15) is 19.3 Å². The molecular weight excluding hydrogens is 288 g/mol. The Balaban J connectivity index is 1.89. The standard InChI is InChI=1S/C14H16N4O4/c1-10-5-3-4-6-12(10)16-14(19)22-8-7-17-11(2)15-9-13(17)18(20)21/h3-6,9H,7-8H2,1-2H3,(H,16,19). The smallest absolute Gasteiger partial charge is 0.411 e. The number of anilines is 1. The lowest BCUT2D eigenvalue weighted by Crippen LogP contribution is -2.18. The molecule has 0 fully saturated rings. The van der Waals surface area contributed by atoms with Gasteiger partial charge in [-0.25, -0.2) is 14.3 Å². The maximum Gasteiger partial charge on any atom is 0.411 e. The largest absolute Gasteiger partial charge is 0.445 e. The van der Waals surface area contributed by atoms with E-state index in [1.165, 1.54) is 10.8 Å². The molecule has 1 heterocycles. The molecule has 2 aromatic rings.